The molecule has 7 heteroatoms. The lowest BCUT2D eigenvalue weighted by Gasteiger charge is -2.28. The Morgan fingerprint density at radius 1 is 1.44 bits per heavy atom. The first kappa shape index (κ1) is 11.6. The molecule has 0 amide bonds. The second-order valence-corrected chi connectivity index (χ2v) is 6.26. The van der Waals surface area contributed by atoms with Crippen LogP contribution in [0.25, 0.3) is 0 Å². The summed E-state index contributed by atoms with van der Waals surface area (Å²) >= 11 is 0. The Bertz CT molecular complexity index is 492. The van der Waals surface area contributed by atoms with Crippen molar-refractivity contribution in [2.45, 2.75) is 13.0 Å². The Hall–Kier alpha value is -0.920. The quantitative estimate of drug-likeness (QED) is 0.710. The molecule has 0 saturated carbocycles. The molecule has 90 valence electrons. The molecule has 0 aromatic carbocycles. The molecule has 0 fully saturated rings. The van der Waals surface area contributed by atoms with Crippen molar-refractivity contribution in [1.29, 1.82) is 0 Å². The topological polar surface area (TPSA) is 58.4 Å². The lowest BCUT2D eigenvalue weighted by molar-refractivity contribution is 0.350. The van der Waals surface area contributed by atoms with E-state index in [0.29, 0.717) is 19.5 Å². The van der Waals surface area contributed by atoms with Gasteiger partial charge in [-0.3, -0.25) is 0 Å². The molecule has 1 aromatic rings. The van der Waals surface area contributed by atoms with E-state index in [-0.39, 0.29) is 0 Å². The van der Waals surface area contributed by atoms with E-state index in [2.05, 4.69) is 4.98 Å². The number of hydrogen-bond acceptors (Lipinski definition) is 3. The highest BCUT2D eigenvalue weighted by atomic mass is 32.2. The molecule has 0 unspecified atom stereocenters. The molecule has 2 rings (SSSR count). The summed E-state index contributed by atoms with van der Waals surface area (Å²) in [5.41, 5.74) is 1.99. The highest BCUT2D eigenvalue weighted by Crippen LogP contribution is 2.20. The van der Waals surface area contributed by atoms with E-state index in [0.717, 1.165) is 11.4 Å². The van der Waals surface area contributed by atoms with Gasteiger partial charge in [0.1, 0.15) is 0 Å². The first-order chi connectivity index (χ1) is 7.43. The summed E-state index contributed by atoms with van der Waals surface area (Å²) in [7, 11) is 1.67. The molecule has 0 saturated heterocycles. The summed E-state index contributed by atoms with van der Waals surface area (Å²) in [6, 6.07) is 0. The van der Waals surface area contributed by atoms with Crippen molar-refractivity contribution in [2.75, 3.05) is 20.6 Å². The molecule has 0 aliphatic carbocycles. The Balaban J connectivity index is 2.29. The molecule has 0 atom stereocenters. The first-order valence-corrected chi connectivity index (χ1v) is 6.49. The third-order valence-electron chi connectivity index (χ3n) is 2.86. The van der Waals surface area contributed by atoms with Gasteiger partial charge >= 0.3 is 0 Å². The van der Waals surface area contributed by atoms with Gasteiger partial charge in [-0.15, -0.1) is 0 Å². The smallest absolute Gasteiger partial charge is 0.281 e. The maximum Gasteiger partial charge on any atom is 0.281 e. The van der Waals surface area contributed by atoms with Crippen molar-refractivity contribution in [3.8, 4) is 0 Å². The van der Waals surface area contributed by atoms with E-state index < -0.39 is 10.2 Å². The van der Waals surface area contributed by atoms with E-state index in [1.54, 1.807) is 20.4 Å². The van der Waals surface area contributed by atoms with Crippen LogP contribution in [-0.4, -0.2) is 47.2 Å². The second kappa shape index (κ2) is 3.83. The van der Waals surface area contributed by atoms with Gasteiger partial charge in [0.2, 0.25) is 0 Å². The van der Waals surface area contributed by atoms with Crippen LogP contribution in [0.3, 0.4) is 0 Å². The number of aryl methyl sites for hydroxylation is 1. The van der Waals surface area contributed by atoms with Gasteiger partial charge in [-0.1, -0.05) is 0 Å². The Morgan fingerprint density at radius 3 is 2.75 bits per heavy atom. The number of hydrogen-bond donors (Lipinski definition) is 0. The maximum atomic E-state index is 12.0. The molecular weight excluding hydrogens is 228 g/mol. The summed E-state index contributed by atoms with van der Waals surface area (Å²) in [5.74, 6) is 0. The lowest BCUT2D eigenvalue weighted by atomic mass is 10.2. The van der Waals surface area contributed by atoms with Gasteiger partial charge in [-0.25, -0.2) is 4.98 Å². The molecule has 0 radical (unpaired) electrons. The van der Waals surface area contributed by atoms with Crippen molar-refractivity contribution in [3.05, 3.63) is 17.7 Å². The van der Waals surface area contributed by atoms with Gasteiger partial charge in [0.25, 0.3) is 10.2 Å². The van der Waals surface area contributed by atoms with Crippen molar-refractivity contribution in [3.63, 3.8) is 0 Å². The van der Waals surface area contributed by atoms with Gasteiger partial charge in [0, 0.05) is 34.1 Å². The fourth-order valence-electron chi connectivity index (χ4n) is 1.82. The van der Waals surface area contributed by atoms with Gasteiger partial charge in [-0.2, -0.15) is 17.0 Å². The Kier molecular flexibility index (Phi) is 2.77. The van der Waals surface area contributed by atoms with Crippen LogP contribution in [0.2, 0.25) is 0 Å². The predicted octanol–water partition coefficient (Wildman–Crippen LogP) is -0.415. The van der Waals surface area contributed by atoms with Crippen LogP contribution in [0.5, 0.6) is 0 Å². The summed E-state index contributed by atoms with van der Waals surface area (Å²) in [4.78, 5) is 4.25. The highest BCUT2D eigenvalue weighted by Gasteiger charge is 2.30. The first-order valence-electron chi connectivity index (χ1n) is 5.09. The molecule has 1 aliphatic rings. The fourth-order valence-corrected chi connectivity index (χ4v) is 2.89. The third kappa shape index (κ3) is 1.74. The van der Waals surface area contributed by atoms with Crippen LogP contribution in [-0.2, 0) is 30.2 Å². The van der Waals surface area contributed by atoms with Crippen molar-refractivity contribution >= 4 is 10.2 Å². The van der Waals surface area contributed by atoms with Gasteiger partial charge in [0.15, 0.2) is 0 Å². The normalized spacial score (nSPS) is 17.8. The summed E-state index contributed by atoms with van der Waals surface area (Å²) in [6.07, 6.45) is 2.42. The minimum Gasteiger partial charge on any atom is -0.336 e. The summed E-state index contributed by atoms with van der Waals surface area (Å²) < 4.78 is 28.5. The van der Waals surface area contributed by atoms with Crippen molar-refractivity contribution in [1.82, 2.24) is 18.2 Å². The number of fused-ring (bicyclic) bond motifs is 1. The molecule has 2 heterocycles. The number of nitrogens with zero attached hydrogens (tertiary/aromatic N) is 4. The highest BCUT2D eigenvalue weighted by molar-refractivity contribution is 7.86. The maximum absolute atomic E-state index is 12.0. The molecule has 16 heavy (non-hydrogen) atoms. The van der Waals surface area contributed by atoms with Gasteiger partial charge in [-0.05, 0) is 0 Å². The van der Waals surface area contributed by atoms with E-state index in [1.807, 2.05) is 11.6 Å². The van der Waals surface area contributed by atoms with E-state index in [4.69, 9.17) is 0 Å². The minimum absolute atomic E-state index is 0.409. The van der Waals surface area contributed by atoms with Crippen LogP contribution in [0.1, 0.15) is 11.4 Å². The minimum atomic E-state index is -3.31. The van der Waals surface area contributed by atoms with Crippen LogP contribution in [0.4, 0.5) is 0 Å². The number of imidazole rings is 1. The van der Waals surface area contributed by atoms with Gasteiger partial charge < -0.3 is 4.57 Å². The lowest BCUT2D eigenvalue weighted by Crippen LogP contribution is -2.43. The third-order valence-corrected chi connectivity index (χ3v) is 4.74. The fraction of sp³-hybridized carbons (Fsp3) is 0.667. The van der Waals surface area contributed by atoms with Crippen LogP contribution in [0, 0.1) is 0 Å². The van der Waals surface area contributed by atoms with E-state index >= 15 is 0 Å². The SMILES string of the molecule is CN(C)S(=O)(=O)N1CCc2ncn(C)c2C1. The predicted molar refractivity (Wildman–Crippen MR) is 59.9 cm³/mol. The number of aromatic nitrogens is 2. The molecule has 0 spiro atoms. The molecule has 0 bridgehead atoms. The second-order valence-electron chi connectivity index (χ2n) is 4.12. The standard InChI is InChI=1S/C9H16N4O2S/c1-11(2)16(14,15)13-5-4-8-9(6-13)12(3)7-10-8/h7H,4-6H2,1-3H3. The average Bonchev–Trinajstić information content (AvgIpc) is 2.60. The van der Waals surface area contributed by atoms with Gasteiger partial charge in [0.05, 0.1) is 24.3 Å². The van der Waals surface area contributed by atoms with E-state index in [1.165, 1.54) is 8.61 Å². The zero-order valence-corrected chi connectivity index (χ0v) is 10.5. The van der Waals surface area contributed by atoms with E-state index in [9.17, 15) is 8.42 Å². The largest absolute Gasteiger partial charge is 0.336 e. The summed E-state index contributed by atoms with van der Waals surface area (Å²) in [5, 5.41) is 0. The molecule has 6 nitrogen and oxygen atoms in total. The monoisotopic (exact) mass is 244 g/mol. The Labute approximate surface area is 95.7 Å². The van der Waals surface area contributed by atoms with Crippen LogP contribution >= 0.6 is 0 Å². The molecule has 0 N–H and O–H groups in total. The molecule has 1 aliphatic heterocycles. The summed E-state index contributed by atoms with van der Waals surface area (Å²) in [6.45, 7) is 0.914. The zero-order valence-electron chi connectivity index (χ0n) is 9.71. The molecule has 1 aromatic heterocycles. The van der Waals surface area contributed by atoms with Crippen LogP contribution < -0.4 is 0 Å². The number of rotatable bonds is 2. The van der Waals surface area contributed by atoms with Crippen molar-refractivity contribution < 1.29 is 8.42 Å². The van der Waals surface area contributed by atoms with Crippen molar-refractivity contribution in [2.24, 2.45) is 7.05 Å². The molecular formula is C9H16N4O2S. The zero-order chi connectivity index (χ0) is 11.9. The average molecular weight is 244 g/mol. The Morgan fingerprint density at radius 2 is 2.12 bits per heavy atom. The van der Waals surface area contributed by atoms with Crippen LogP contribution in [0.15, 0.2) is 6.33 Å².